The smallest absolute Gasteiger partial charge is 0.220 e. The van der Waals surface area contributed by atoms with E-state index in [1.165, 1.54) is 5.57 Å². The molecule has 1 amide bonds. The van der Waals surface area contributed by atoms with Crippen LogP contribution in [-0.2, 0) is 14.8 Å². The van der Waals surface area contributed by atoms with Crippen molar-refractivity contribution in [2.75, 3.05) is 38.5 Å². The first-order chi connectivity index (χ1) is 10.1. The number of hydrogen-bond acceptors (Lipinski definition) is 4. The molecular weight excluding hydrogens is 290 g/mol. The second-order valence-corrected chi connectivity index (χ2v) is 7.71. The van der Waals surface area contributed by atoms with Crippen LogP contribution < -0.4 is 10.6 Å². The van der Waals surface area contributed by atoms with Crippen molar-refractivity contribution in [3.63, 3.8) is 0 Å². The molecule has 2 aliphatic heterocycles. The number of nitrogens with one attached hydrogen (secondary N) is 2. The van der Waals surface area contributed by atoms with Gasteiger partial charge < -0.3 is 10.6 Å². The van der Waals surface area contributed by atoms with Crippen molar-refractivity contribution in [2.24, 2.45) is 0 Å². The molecule has 2 rings (SSSR count). The Labute approximate surface area is 127 Å². The van der Waals surface area contributed by atoms with Crippen LogP contribution in [0.5, 0.6) is 0 Å². The summed E-state index contributed by atoms with van der Waals surface area (Å²) in [6.07, 6.45) is 5.63. The molecule has 0 saturated carbocycles. The topological polar surface area (TPSA) is 78.5 Å². The lowest BCUT2D eigenvalue weighted by molar-refractivity contribution is -0.120. The molecule has 1 saturated heterocycles. The third kappa shape index (κ3) is 5.41. The summed E-state index contributed by atoms with van der Waals surface area (Å²) in [7, 11) is -3.16. The minimum atomic E-state index is -3.16. The number of nitrogens with zero attached hydrogens (tertiary/aromatic N) is 1. The largest absolute Gasteiger partial charge is 0.352 e. The first-order valence-electron chi connectivity index (χ1n) is 7.71. The third-order valence-corrected chi connectivity index (χ3v) is 5.89. The Bertz CT molecular complexity index is 482. The highest BCUT2D eigenvalue weighted by Gasteiger charge is 2.24. The quantitative estimate of drug-likeness (QED) is 0.659. The van der Waals surface area contributed by atoms with E-state index < -0.39 is 10.0 Å². The van der Waals surface area contributed by atoms with E-state index in [-0.39, 0.29) is 18.1 Å². The second-order valence-electron chi connectivity index (χ2n) is 5.62. The zero-order chi connectivity index (χ0) is 15.1. The van der Waals surface area contributed by atoms with Crippen molar-refractivity contribution < 1.29 is 13.2 Å². The molecule has 0 aromatic rings. The van der Waals surface area contributed by atoms with E-state index in [0.29, 0.717) is 26.1 Å². The van der Waals surface area contributed by atoms with Crippen LogP contribution in [0.25, 0.3) is 0 Å². The van der Waals surface area contributed by atoms with Crippen molar-refractivity contribution >= 4 is 15.9 Å². The van der Waals surface area contributed by atoms with Gasteiger partial charge in [0.25, 0.3) is 0 Å². The first kappa shape index (κ1) is 16.5. The normalized spacial score (nSPS) is 20.3. The molecule has 0 aromatic carbocycles. The average Bonchev–Trinajstić information content (AvgIpc) is 3.01. The molecule has 0 spiro atoms. The minimum absolute atomic E-state index is 0.0638. The van der Waals surface area contributed by atoms with E-state index in [1.54, 1.807) is 4.31 Å². The van der Waals surface area contributed by atoms with Crippen LogP contribution in [0.3, 0.4) is 0 Å². The zero-order valence-electron chi connectivity index (χ0n) is 12.4. The summed E-state index contributed by atoms with van der Waals surface area (Å²) in [5, 5.41) is 6.08. The van der Waals surface area contributed by atoms with E-state index in [9.17, 15) is 13.2 Å². The predicted molar refractivity (Wildman–Crippen MR) is 82.4 cm³/mol. The fraction of sp³-hybridized carbons (Fsp3) is 0.786. The molecular formula is C14H25N3O3S. The van der Waals surface area contributed by atoms with Gasteiger partial charge in [0.2, 0.25) is 15.9 Å². The monoisotopic (exact) mass is 315 g/mol. The van der Waals surface area contributed by atoms with Crippen molar-refractivity contribution in [2.45, 2.75) is 32.1 Å². The number of rotatable bonds is 7. The fourth-order valence-electron chi connectivity index (χ4n) is 2.64. The van der Waals surface area contributed by atoms with Gasteiger partial charge in [0, 0.05) is 32.6 Å². The molecule has 0 bridgehead atoms. The first-order valence-corrected chi connectivity index (χ1v) is 9.32. The maximum atomic E-state index is 12.0. The van der Waals surface area contributed by atoms with Crippen LogP contribution >= 0.6 is 0 Å². The highest BCUT2D eigenvalue weighted by atomic mass is 32.2. The molecule has 21 heavy (non-hydrogen) atoms. The number of hydrogen-bond donors (Lipinski definition) is 2. The van der Waals surface area contributed by atoms with Crippen molar-refractivity contribution in [3.05, 3.63) is 11.6 Å². The molecule has 1 fully saturated rings. The Morgan fingerprint density at radius 2 is 2.10 bits per heavy atom. The van der Waals surface area contributed by atoms with E-state index in [4.69, 9.17) is 0 Å². The Hall–Kier alpha value is -0.920. The number of sulfonamides is 1. The molecule has 120 valence electrons. The van der Waals surface area contributed by atoms with Gasteiger partial charge in [-0.15, -0.1) is 0 Å². The van der Waals surface area contributed by atoms with E-state index in [2.05, 4.69) is 16.7 Å². The molecule has 2 aliphatic rings. The predicted octanol–water partition coefficient (Wildman–Crippen LogP) is 0.228. The molecule has 0 atom stereocenters. The standard InChI is InChI=1S/C14H25N3O3S/c18-14(16-12-13-5-7-15-8-6-13)4-3-11-21(19,20)17-9-1-2-10-17/h5,15H,1-4,6-12H2,(H,16,18). The van der Waals surface area contributed by atoms with Gasteiger partial charge in [-0.2, -0.15) is 0 Å². The molecule has 0 radical (unpaired) electrons. The van der Waals surface area contributed by atoms with Gasteiger partial charge in [0.1, 0.15) is 0 Å². The highest BCUT2D eigenvalue weighted by molar-refractivity contribution is 7.89. The van der Waals surface area contributed by atoms with Crippen molar-refractivity contribution in [1.29, 1.82) is 0 Å². The second kappa shape index (κ2) is 7.91. The Balaban J connectivity index is 1.63. The molecule has 0 aliphatic carbocycles. The van der Waals surface area contributed by atoms with Crippen LogP contribution in [0.15, 0.2) is 11.6 Å². The van der Waals surface area contributed by atoms with Gasteiger partial charge in [-0.1, -0.05) is 11.6 Å². The lowest BCUT2D eigenvalue weighted by atomic mass is 10.1. The van der Waals surface area contributed by atoms with Gasteiger partial charge in [0.15, 0.2) is 0 Å². The zero-order valence-corrected chi connectivity index (χ0v) is 13.3. The third-order valence-electron chi connectivity index (χ3n) is 3.94. The molecule has 2 heterocycles. The number of carbonyl (C=O) groups is 1. The molecule has 0 unspecified atom stereocenters. The Kier molecular flexibility index (Phi) is 6.20. The Morgan fingerprint density at radius 3 is 2.76 bits per heavy atom. The number of carbonyl (C=O) groups excluding carboxylic acids is 1. The van der Waals surface area contributed by atoms with E-state index in [0.717, 1.165) is 32.4 Å². The van der Waals surface area contributed by atoms with Gasteiger partial charge >= 0.3 is 0 Å². The van der Waals surface area contributed by atoms with Crippen LogP contribution in [0.2, 0.25) is 0 Å². The summed E-state index contributed by atoms with van der Waals surface area (Å²) in [6.45, 7) is 3.67. The van der Waals surface area contributed by atoms with Crippen molar-refractivity contribution in [1.82, 2.24) is 14.9 Å². The van der Waals surface area contributed by atoms with Gasteiger partial charge in [0.05, 0.1) is 5.75 Å². The van der Waals surface area contributed by atoms with E-state index in [1.807, 2.05) is 0 Å². The molecule has 6 nitrogen and oxygen atoms in total. The lowest BCUT2D eigenvalue weighted by Crippen LogP contribution is -2.32. The molecule has 7 heteroatoms. The summed E-state index contributed by atoms with van der Waals surface area (Å²) >= 11 is 0. The van der Waals surface area contributed by atoms with Crippen molar-refractivity contribution in [3.8, 4) is 0 Å². The average molecular weight is 315 g/mol. The molecule has 2 N–H and O–H groups in total. The summed E-state index contributed by atoms with van der Waals surface area (Å²) in [6, 6.07) is 0. The minimum Gasteiger partial charge on any atom is -0.352 e. The maximum Gasteiger partial charge on any atom is 0.220 e. The van der Waals surface area contributed by atoms with Crippen LogP contribution in [-0.4, -0.2) is 57.1 Å². The number of amides is 1. The summed E-state index contributed by atoms with van der Waals surface area (Å²) < 4.78 is 25.5. The van der Waals surface area contributed by atoms with Crippen LogP contribution in [0.4, 0.5) is 0 Å². The SMILES string of the molecule is O=C(CCCS(=O)(=O)N1CCCC1)NCC1=CCNCC1. The van der Waals surface area contributed by atoms with Gasteiger partial charge in [-0.3, -0.25) is 4.79 Å². The maximum absolute atomic E-state index is 12.0. The summed E-state index contributed by atoms with van der Waals surface area (Å²) in [5.41, 5.74) is 1.24. The summed E-state index contributed by atoms with van der Waals surface area (Å²) in [5.74, 6) is 0.0126. The van der Waals surface area contributed by atoms with E-state index >= 15 is 0 Å². The highest BCUT2D eigenvalue weighted by Crippen LogP contribution is 2.14. The van der Waals surface area contributed by atoms with Gasteiger partial charge in [-0.05, 0) is 32.2 Å². The summed E-state index contributed by atoms with van der Waals surface area (Å²) in [4.78, 5) is 11.7. The Morgan fingerprint density at radius 1 is 1.33 bits per heavy atom. The molecule has 0 aromatic heterocycles. The lowest BCUT2D eigenvalue weighted by Gasteiger charge is -2.16. The fourth-order valence-corrected chi connectivity index (χ4v) is 4.22. The van der Waals surface area contributed by atoms with Gasteiger partial charge in [-0.25, -0.2) is 12.7 Å². The van der Waals surface area contributed by atoms with Crippen LogP contribution in [0.1, 0.15) is 32.1 Å². The van der Waals surface area contributed by atoms with Crippen LogP contribution in [0, 0.1) is 0 Å².